The lowest BCUT2D eigenvalue weighted by Gasteiger charge is -2.26. The Labute approximate surface area is 146 Å². The largest absolute Gasteiger partial charge is 0.465 e. The Bertz CT molecular complexity index is 542. The Morgan fingerprint density at radius 1 is 1.48 bits per heavy atom. The maximum absolute atomic E-state index is 11.7. The number of hydrogen-bond donors (Lipinski definition) is 2. The molecule has 0 atom stereocenters. The summed E-state index contributed by atoms with van der Waals surface area (Å²) < 4.78 is 10.1. The van der Waals surface area contributed by atoms with Crippen molar-refractivity contribution in [3.8, 4) is 0 Å². The van der Waals surface area contributed by atoms with Gasteiger partial charge >= 0.3 is 5.97 Å². The number of aryl methyl sites for hydroxylation is 1. The SMILES string of the molecule is COC(=O)c1cc(C)sc1NC(=S)NCCCN1CCOCC1. The highest BCUT2D eigenvalue weighted by molar-refractivity contribution is 7.80. The van der Waals surface area contributed by atoms with Crippen molar-refractivity contribution in [3.63, 3.8) is 0 Å². The molecule has 1 aromatic heterocycles. The number of hydrogen-bond acceptors (Lipinski definition) is 6. The first-order chi connectivity index (χ1) is 11.1. The van der Waals surface area contributed by atoms with Crippen LogP contribution in [0.3, 0.4) is 0 Å². The van der Waals surface area contributed by atoms with Crippen molar-refractivity contribution in [3.05, 3.63) is 16.5 Å². The fraction of sp³-hybridized carbons (Fsp3) is 0.600. The number of thiophene rings is 1. The number of thiocarbonyl (C=S) groups is 1. The van der Waals surface area contributed by atoms with Crippen LogP contribution >= 0.6 is 23.6 Å². The maximum atomic E-state index is 11.7. The van der Waals surface area contributed by atoms with E-state index in [2.05, 4.69) is 15.5 Å². The molecule has 0 amide bonds. The van der Waals surface area contributed by atoms with Crippen LogP contribution in [0, 0.1) is 6.92 Å². The first-order valence-electron chi connectivity index (χ1n) is 7.64. The molecule has 23 heavy (non-hydrogen) atoms. The molecule has 1 aliphatic heterocycles. The molecular weight excluding hydrogens is 334 g/mol. The van der Waals surface area contributed by atoms with E-state index in [1.807, 2.05) is 6.92 Å². The van der Waals surface area contributed by atoms with Crippen molar-refractivity contribution < 1.29 is 14.3 Å². The molecule has 0 radical (unpaired) electrons. The van der Waals surface area contributed by atoms with Gasteiger partial charge in [-0.05, 0) is 38.2 Å². The van der Waals surface area contributed by atoms with E-state index in [4.69, 9.17) is 21.7 Å². The van der Waals surface area contributed by atoms with E-state index in [0.29, 0.717) is 10.7 Å². The van der Waals surface area contributed by atoms with Gasteiger partial charge in [-0.1, -0.05) is 0 Å². The van der Waals surface area contributed by atoms with Crippen LogP contribution in [0.1, 0.15) is 21.7 Å². The number of methoxy groups -OCH3 is 1. The van der Waals surface area contributed by atoms with Gasteiger partial charge in [-0.3, -0.25) is 4.90 Å². The third-order valence-corrected chi connectivity index (χ3v) is 4.74. The third kappa shape index (κ3) is 5.72. The fourth-order valence-corrected chi connectivity index (χ4v) is 3.52. The smallest absolute Gasteiger partial charge is 0.340 e. The van der Waals surface area contributed by atoms with Crippen LogP contribution < -0.4 is 10.6 Å². The van der Waals surface area contributed by atoms with Crippen molar-refractivity contribution in [2.75, 3.05) is 51.8 Å². The molecule has 2 heterocycles. The monoisotopic (exact) mass is 357 g/mol. The molecule has 0 aromatic carbocycles. The zero-order valence-electron chi connectivity index (χ0n) is 13.5. The number of esters is 1. The summed E-state index contributed by atoms with van der Waals surface area (Å²) in [6.45, 7) is 7.41. The molecule has 128 valence electrons. The normalized spacial score (nSPS) is 15.2. The van der Waals surface area contributed by atoms with Crippen LogP contribution in [0.25, 0.3) is 0 Å². The van der Waals surface area contributed by atoms with E-state index < -0.39 is 0 Å². The Balaban J connectivity index is 1.73. The van der Waals surface area contributed by atoms with Gasteiger partial charge in [0.25, 0.3) is 0 Å². The van der Waals surface area contributed by atoms with Gasteiger partial charge in [-0.25, -0.2) is 4.79 Å². The fourth-order valence-electron chi connectivity index (χ4n) is 2.35. The van der Waals surface area contributed by atoms with Crippen molar-refractivity contribution in [2.24, 2.45) is 0 Å². The van der Waals surface area contributed by atoms with Gasteiger partial charge < -0.3 is 20.1 Å². The number of rotatable bonds is 6. The molecule has 1 fully saturated rings. The molecule has 0 saturated carbocycles. The predicted octanol–water partition coefficient (Wildman–Crippen LogP) is 1.85. The van der Waals surface area contributed by atoms with Crippen LogP contribution in [0.5, 0.6) is 0 Å². The van der Waals surface area contributed by atoms with E-state index in [0.717, 1.165) is 55.7 Å². The number of anilines is 1. The Morgan fingerprint density at radius 2 is 2.22 bits per heavy atom. The number of nitrogens with zero attached hydrogens (tertiary/aromatic N) is 1. The van der Waals surface area contributed by atoms with Crippen LogP contribution in [0.15, 0.2) is 6.07 Å². The quantitative estimate of drug-likeness (QED) is 0.458. The molecule has 6 nitrogen and oxygen atoms in total. The second-order valence-corrected chi connectivity index (χ2v) is 6.94. The highest BCUT2D eigenvalue weighted by Crippen LogP contribution is 2.28. The molecule has 0 aliphatic carbocycles. The van der Waals surface area contributed by atoms with Crippen molar-refractivity contribution in [2.45, 2.75) is 13.3 Å². The molecule has 2 rings (SSSR count). The molecule has 0 bridgehead atoms. The summed E-state index contributed by atoms with van der Waals surface area (Å²) in [6, 6.07) is 1.81. The summed E-state index contributed by atoms with van der Waals surface area (Å²) in [6.07, 6.45) is 1.01. The van der Waals surface area contributed by atoms with E-state index in [1.54, 1.807) is 6.07 Å². The summed E-state index contributed by atoms with van der Waals surface area (Å²) in [5.74, 6) is -0.355. The molecule has 2 N–H and O–H groups in total. The van der Waals surface area contributed by atoms with Crippen LogP contribution in [0.2, 0.25) is 0 Å². The summed E-state index contributed by atoms with van der Waals surface area (Å²) in [5, 5.41) is 7.52. The summed E-state index contributed by atoms with van der Waals surface area (Å²) >= 11 is 6.78. The molecule has 1 aromatic rings. The van der Waals surface area contributed by atoms with Gasteiger partial charge in [0, 0.05) is 24.5 Å². The Kier molecular flexibility index (Phi) is 7.22. The topological polar surface area (TPSA) is 62.8 Å². The second kappa shape index (κ2) is 9.17. The number of carbonyl (C=O) groups excluding carboxylic acids is 1. The van der Waals surface area contributed by atoms with Crippen molar-refractivity contribution in [1.29, 1.82) is 0 Å². The summed E-state index contributed by atoms with van der Waals surface area (Å²) in [7, 11) is 1.38. The van der Waals surface area contributed by atoms with Crippen LogP contribution in [0.4, 0.5) is 5.00 Å². The molecule has 8 heteroatoms. The number of ether oxygens (including phenoxy) is 2. The predicted molar refractivity (Wildman–Crippen MR) is 96.5 cm³/mol. The number of morpholine rings is 1. The van der Waals surface area contributed by atoms with Crippen molar-refractivity contribution in [1.82, 2.24) is 10.2 Å². The Morgan fingerprint density at radius 3 is 2.91 bits per heavy atom. The number of nitrogens with one attached hydrogen (secondary N) is 2. The average molecular weight is 358 g/mol. The lowest BCUT2D eigenvalue weighted by atomic mass is 10.3. The van der Waals surface area contributed by atoms with Crippen LogP contribution in [-0.4, -0.2) is 62.5 Å². The molecule has 1 aliphatic rings. The zero-order chi connectivity index (χ0) is 16.7. The van der Waals surface area contributed by atoms with Gasteiger partial charge in [0.15, 0.2) is 5.11 Å². The van der Waals surface area contributed by atoms with Gasteiger partial charge in [0.2, 0.25) is 0 Å². The first kappa shape index (κ1) is 18.1. The lowest BCUT2D eigenvalue weighted by Crippen LogP contribution is -2.38. The number of carbonyl (C=O) groups is 1. The molecule has 1 saturated heterocycles. The van der Waals surface area contributed by atoms with Gasteiger partial charge in [0.05, 0.1) is 25.9 Å². The van der Waals surface area contributed by atoms with Gasteiger partial charge in [-0.2, -0.15) is 0 Å². The maximum Gasteiger partial charge on any atom is 0.340 e. The zero-order valence-corrected chi connectivity index (χ0v) is 15.1. The lowest BCUT2D eigenvalue weighted by molar-refractivity contribution is 0.0376. The average Bonchev–Trinajstić information content (AvgIpc) is 2.92. The molecule has 0 unspecified atom stereocenters. The van der Waals surface area contributed by atoms with E-state index in [1.165, 1.54) is 18.4 Å². The van der Waals surface area contributed by atoms with Gasteiger partial charge in [0.1, 0.15) is 5.00 Å². The third-order valence-electron chi connectivity index (χ3n) is 3.53. The standard InChI is InChI=1S/C15H23N3O3S2/c1-11-10-12(14(19)20-2)13(23-11)17-15(22)16-4-3-5-18-6-8-21-9-7-18/h10H,3-9H2,1-2H3,(H2,16,17,22). The summed E-state index contributed by atoms with van der Waals surface area (Å²) in [4.78, 5) is 15.1. The van der Waals surface area contributed by atoms with E-state index >= 15 is 0 Å². The van der Waals surface area contributed by atoms with E-state index in [9.17, 15) is 4.79 Å². The minimum atomic E-state index is -0.355. The van der Waals surface area contributed by atoms with Crippen molar-refractivity contribution >= 4 is 39.6 Å². The summed E-state index contributed by atoms with van der Waals surface area (Å²) in [5.41, 5.74) is 0.521. The van der Waals surface area contributed by atoms with Crippen LogP contribution in [-0.2, 0) is 9.47 Å². The Hall–Kier alpha value is -1.22. The molecular formula is C15H23N3O3S2. The first-order valence-corrected chi connectivity index (χ1v) is 8.86. The minimum absolute atomic E-state index is 0.355. The second-order valence-electron chi connectivity index (χ2n) is 5.28. The van der Waals surface area contributed by atoms with E-state index in [-0.39, 0.29) is 5.97 Å². The van der Waals surface area contributed by atoms with Gasteiger partial charge in [-0.15, -0.1) is 11.3 Å². The highest BCUT2D eigenvalue weighted by atomic mass is 32.1. The highest BCUT2D eigenvalue weighted by Gasteiger charge is 2.16. The molecule has 0 spiro atoms. The minimum Gasteiger partial charge on any atom is -0.465 e.